The summed E-state index contributed by atoms with van der Waals surface area (Å²) < 4.78 is 5.35. The molecule has 184 valence electrons. The monoisotopic (exact) mass is 483 g/mol. The normalized spacial score (nSPS) is 18.5. The third-order valence-electron chi connectivity index (χ3n) is 6.85. The van der Waals surface area contributed by atoms with Gasteiger partial charge in [-0.15, -0.1) is 11.8 Å². The van der Waals surface area contributed by atoms with Crippen molar-refractivity contribution in [1.29, 1.82) is 0 Å². The van der Waals surface area contributed by atoms with E-state index in [1.54, 1.807) is 23.9 Å². The zero-order valence-corrected chi connectivity index (χ0v) is 21.4. The highest BCUT2D eigenvalue weighted by Gasteiger charge is 2.37. The van der Waals surface area contributed by atoms with Crippen LogP contribution in [-0.4, -0.2) is 65.3 Å². The van der Waals surface area contributed by atoms with Crippen LogP contribution < -0.4 is 0 Å². The lowest BCUT2D eigenvalue weighted by Gasteiger charge is -2.39. The van der Waals surface area contributed by atoms with Gasteiger partial charge in [0.15, 0.2) is 11.6 Å². The maximum atomic E-state index is 12.7. The molecule has 0 bridgehead atoms. The summed E-state index contributed by atoms with van der Waals surface area (Å²) in [6, 6.07) is 17.0. The standard InChI is InChI=1S/C15H21NO2S.C13H16O2/c1-15(2,16-8-10-18-11-9-16)14(17)12-4-6-13(19-3)7-5-12;14-12(11-7-3-1-4-8-11)13(15)9-5-2-6-10-13/h4-7H,8-11H2,1-3H3;1,3-4,7-8,15H,2,5-6,9-10H2. The van der Waals surface area contributed by atoms with Crippen LogP contribution in [0.15, 0.2) is 59.5 Å². The Balaban J connectivity index is 0.000000196. The van der Waals surface area contributed by atoms with Crippen LogP contribution in [0, 0.1) is 0 Å². The van der Waals surface area contributed by atoms with E-state index < -0.39 is 11.1 Å². The number of morpholine rings is 1. The van der Waals surface area contributed by atoms with Crippen molar-refractivity contribution in [2.45, 2.75) is 62.0 Å². The van der Waals surface area contributed by atoms with Gasteiger partial charge in [0.1, 0.15) is 5.60 Å². The number of thioether (sulfide) groups is 1. The van der Waals surface area contributed by atoms with Crippen LogP contribution in [0.5, 0.6) is 0 Å². The minimum absolute atomic E-state index is 0.109. The number of carbonyl (C=O) groups is 2. The van der Waals surface area contributed by atoms with E-state index in [2.05, 4.69) is 4.90 Å². The van der Waals surface area contributed by atoms with E-state index in [9.17, 15) is 14.7 Å². The number of nitrogens with zero attached hydrogens (tertiary/aromatic N) is 1. The number of aliphatic hydroxyl groups is 1. The van der Waals surface area contributed by atoms with Gasteiger partial charge in [-0.25, -0.2) is 0 Å². The number of benzene rings is 2. The van der Waals surface area contributed by atoms with Gasteiger partial charge in [-0.3, -0.25) is 14.5 Å². The Morgan fingerprint density at radius 3 is 2.06 bits per heavy atom. The summed E-state index contributed by atoms with van der Waals surface area (Å²) in [5.41, 5.74) is -0.152. The van der Waals surface area contributed by atoms with Gasteiger partial charge in [-0.05, 0) is 45.1 Å². The Morgan fingerprint density at radius 1 is 0.912 bits per heavy atom. The van der Waals surface area contributed by atoms with Crippen LogP contribution in [0.3, 0.4) is 0 Å². The Morgan fingerprint density at radius 2 is 1.50 bits per heavy atom. The summed E-state index contributed by atoms with van der Waals surface area (Å²) in [6.07, 6.45) is 6.30. The summed E-state index contributed by atoms with van der Waals surface area (Å²) in [5, 5.41) is 10.2. The first-order valence-electron chi connectivity index (χ1n) is 12.1. The summed E-state index contributed by atoms with van der Waals surface area (Å²) in [4.78, 5) is 28.1. The minimum Gasteiger partial charge on any atom is -0.382 e. The molecule has 2 fully saturated rings. The van der Waals surface area contributed by atoms with Crippen LogP contribution in [0.4, 0.5) is 0 Å². The molecule has 4 rings (SSSR count). The highest BCUT2D eigenvalue weighted by atomic mass is 32.2. The quantitative estimate of drug-likeness (QED) is 0.446. The van der Waals surface area contributed by atoms with E-state index in [0.717, 1.165) is 37.9 Å². The molecule has 1 aliphatic heterocycles. The van der Waals surface area contributed by atoms with Crippen LogP contribution in [0.1, 0.15) is 66.7 Å². The molecule has 0 spiro atoms. The fourth-order valence-corrected chi connectivity index (χ4v) is 4.99. The lowest BCUT2D eigenvalue weighted by atomic mass is 9.79. The third-order valence-corrected chi connectivity index (χ3v) is 7.59. The number of hydrogen-bond acceptors (Lipinski definition) is 6. The van der Waals surface area contributed by atoms with Crippen LogP contribution in [-0.2, 0) is 4.74 Å². The zero-order valence-electron chi connectivity index (χ0n) is 20.6. The van der Waals surface area contributed by atoms with Crippen molar-refractivity contribution >= 4 is 23.3 Å². The highest BCUT2D eigenvalue weighted by Crippen LogP contribution is 2.31. The second kappa shape index (κ2) is 12.1. The second-order valence-electron chi connectivity index (χ2n) is 9.50. The predicted molar refractivity (Wildman–Crippen MR) is 138 cm³/mol. The maximum Gasteiger partial charge on any atom is 0.194 e. The van der Waals surface area contributed by atoms with Crippen molar-refractivity contribution in [3.8, 4) is 0 Å². The average molecular weight is 484 g/mol. The Bertz CT molecular complexity index is 931. The van der Waals surface area contributed by atoms with Crippen molar-refractivity contribution in [3.05, 3.63) is 65.7 Å². The number of ketones is 2. The van der Waals surface area contributed by atoms with Crippen LogP contribution >= 0.6 is 11.8 Å². The topological polar surface area (TPSA) is 66.8 Å². The number of rotatable bonds is 6. The molecule has 0 unspecified atom stereocenters. The molecule has 6 heteroatoms. The van der Waals surface area contributed by atoms with E-state index in [1.807, 2.05) is 62.6 Å². The van der Waals surface area contributed by atoms with Crippen molar-refractivity contribution in [2.24, 2.45) is 0 Å². The first-order chi connectivity index (χ1) is 16.3. The van der Waals surface area contributed by atoms with Gasteiger partial charge in [0.2, 0.25) is 0 Å². The number of ether oxygens (including phenoxy) is 1. The van der Waals surface area contributed by atoms with Gasteiger partial charge in [0.25, 0.3) is 0 Å². The molecule has 0 radical (unpaired) electrons. The van der Waals surface area contributed by atoms with Crippen LogP contribution in [0.2, 0.25) is 0 Å². The van der Waals surface area contributed by atoms with Crippen molar-refractivity contribution in [1.82, 2.24) is 4.90 Å². The number of hydrogen-bond donors (Lipinski definition) is 1. The lowest BCUT2D eigenvalue weighted by molar-refractivity contribution is -0.00430. The van der Waals surface area contributed by atoms with Gasteiger partial charge in [0.05, 0.1) is 18.8 Å². The molecular weight excluding hydrogens is 446 g/mol. The van der Waals surface area contributed by atoms with Gasteiger partial charge in [-0.2, -0.15) is 0 Å². The fourth-order valence-electron chi connectivity index (χ4n) is 4.58. The summed E-state index contributed by atoms with van der Waals surface area (Å²) in [6.45, 7) is 7.07. The van der Waals surface area contributed by atoms with E-state index in [4.69, 9.17) is 4.74 Å². The second-order valence-corrected chi connectivity index (χ2v) is 10.4. The Kier molecular flexibility index (Phi) is 9.48. The molecule has 1 saturated carbocycles. The van der Waals surface area contributed by atoms with Gasteiger partial charge >= 0.3 is 0 Å². The van der Waals surface area contributed by atoms with Gasteiger partial charge in [-0.1, -0.05) is 61.7 Å². The first-order valence-corrected chi connectivity index (χ1v) is 13.3. The van der Waals surface area contributed by atoms with E-state index in [0.29, 0.717) is 31.6 Å². The van der Waals surface area contributed by atoms with Gasteiger partial charge < -0.3 is 9.84 Å². The molecule has 1 aliphatic carbocycles. The molecule has 1 saturated heterocycles. The SMILES string of the molecule is CSc1ccc(C(=O)C(C)(C)N2CCOCC2)cc1.O=C(c1ccccc1)C1(O)CCCCC1. The van der Waals surface area contributed by atoms with E-state index in [-0.39, 0.29) is 11.6 Å². The minimum atomic E-state index is -1.10. The highest BCUT2D eigenvalue weighted by molar-refractivity contribution is 7.98. The van der Waals surface area contributed by atoms with Gasteiger partial charge in [0, 0.05) is 29.1 Å². The molecule has 5 nitrogen and oxygen atoms in total. The predicted octanol–water partition coefficient (Wildman–Crippen LogP) is 5.27. The molecule has 34 heavy (non-hydrogen) atoms. The molecule has 1 heterocycles. The maximum absolute atomic E-state index is 12.7. The largest absolute Gasteiger partial charge is 0.382 e. The number of carbonyl (C=O) groups excluding carboxylic acids is 2. The van der Waals surface area contributed by atoms with Crippen LogP contribution in [0.25, 0.3) is 0 Å². The molecule has 0 amide bonds. The average Bonchev–Trinajstić information content (AvgIpc) is 2.89. The number of Topliss-reactive ketones (excluding diaryl/α,β-unsaturated/α-hetero) is 2. The van der Waals surface area contributed by atoms with E-state index in [1.165, 1.54) is 4.90 Å². The third kappa shape index (κ3) is 6.57. The van der Waals surface area contributed by atoms with E-state index >= 15 is 0 Å². The lowest BCUT2D eigenvalue weighted by Crippen LogP contribution is -2.54. The molecule has 0 aromatic heterocycles. The summed E-state index contributed by atoms with van der Waals surface area (Å²) in [5.74, 6) is 0.0739. The molecule has 1 N–H and O–H groups in total. The van der Waals surface area contributed by atoms with Crippen molar-refractivity contribution in [2.75, 3.05) is 32.6 Å². The Hall–Kier alpha value is -1.99. The molecule has 2 aromatic carbocycles. The van der Waals surface area contributed by atoms with Crippen molar-refractivity contribution < 1.29 is 19.4 Å². The van der Waals surface area contributed by atoms with Crippen molar-refractivity contribution in [3.63, 3.8) is 0 Å². The Labute approximate surface area is 207 Å². The fraction of sp³-hybridized carbons (Fsp3) is 0.500. The summed E-state index contributed by atoms with van der Waals surface area (Å²) in [7, 11) is 0. The first kappa shape index (κ1) is 26.6. The smallest absolute Gasteiger partial charge is 0.194 e. The molecule has 0 atom stereocenters. The summed E-state index contributed by atoms with van der Waals surface area (Å²) >= 11 is 1.69. The molecule has 2 aliphatic rings. The molecular formula is C28H37NO4S. The molecule has 2 aromatic rings. The zero-order chi connectivity index (χ0) is 24.6.